The number of hydrogen-bond donors (Lipinski definition) is 1. The van der Waals surface area contributed by atoms with Crippen LogP contribution in [0.15, 0.2) is 12.1 Å². The topological polar surface area (TPSA) is 26.0 Å². The molecule has 0 aliphatic heterocycles. The maximum Gasteiger partial charge on any atom is 0.194 e. The Balaban J connectivity index is 0.00000169. The molecule has 0 heterocycles. The van der Waals surface area contributed by atoms with Crippen molar-refractivity contribution in [2.75, 3.05) is 0 Å². The second-order valence-electron chi connectivity index (χ2n) is 2.81. The Kier molecular flexibility index (Phi) is 4.94. The van der Waals surface area contributed by atoms with Crippen LogP contribution in [-0.4, -0.2) is 0 Å². The lowest BCUT2D eigenvalue weighted by molar-refractivity contribution is 0.443. The van der Waals surface area contributed by atoms with Crippen molar-refractivity contribution in [3.05, 3.63) is 35.1 Å². The van der Waals surface area contributed by atoms with Crippen molar-refractivity contribution in [1.29, 1.82) is 0 Å². The Labute approximate surface area is 86.5 Å². The van der Waals surface area contributed by atoms with Gasteiger partial charge in [-0.2, -0.15) is 0 Å². The number of rotatable bonds is 2. The molecular weight excluding hydrogens is 215 g/mol. The molecule has 0 aromatic heterocycles. The normalized spacial score (nSPS) is 12.1. The number of benzene rings is 1. The van der Waals surface area contributed by atoms with E-state index in [1.165, 1.54) is 0 Å². The van der Waals surface area contributed by atoms with Gasteiger partial charge in [0.25, 0.3) is 0 Å². The van der Waals surface area contributed by atoms with Crippen LogP contribution in [0, 0.1) is 17.5 Å². The summed E-state index contributed by atoms with van der Waals surface area (Å²) in [5.74, 6) is -3.84. The molecule has 1 atom stereocenters. The summed E-state index contributed by atoms with van der Waals surface area (Å²) in [6.45, 7) is 1.78. The van der Waals surface area contributed by atoms with Crippen molar-refractivity contribution >= 4 is 12.4 Å². The van der Waals surface area contributed by atoms with E-state index in [1.54, 1.807) is 6.92 Å². The van der Waals surface area contributed by atoms with Gasteiger partial charge in [-0.15, -0.1) is 12.4 Å². The van der Waals surface area contributed by atoms with Gasteiger partial charge in [-0.25, -0.2) is 13.2 Å². The van der Waals surface area contributed by atoms with Gasteiger partial charge in [0.05, 0.1) is 0 Å². The maximum absolute atomic E-state index is 12.7. The lowest BCUT2D eigenvalue weighted by Crippen LogP contribution is -2.10. The summed E-state index contributed by atoms with van der Waals surface area (Å²) in [5, 5.41) is 0. The fourth-order valence-corrected chi connectivity index (χ4v) is 1.02. The Bertz CT molecular complexity index is 294. The van der Waals surface area contributed by atoms with Gasteiger partial charge in [-0.3, -0.25) is 0 Å². The summed E-state index contributed by atoms with van der Waals surface area (Å²) in [5.41, 5.74) is 5.80. The first-order valence-electron chi connectivity index (χ1n) is 3.96. The zero-order valence-electron chi connectivity index (χ0n) is 7.56. The third-order valence-electron chi connectivity index (χ3n) is 1.87. The number of nitrogens with two attached hydrogens (primary N) is 1. The molecular formula is C9H11ClF3N. The second kappa shape index (κ2) is 5.22. The van der Waals surface area contributed by atoms with Gasteiger partial charge in [0.1, 0.15) is 0 Å². The van der Waals surface area contributed by atoms with Crippen LogP contribution in [0.1, 0.15) is 24.9 Å². The molecule has 0 bridgehead atoms. The molecule has 0 saturated carbocycles. The molecule has 0 fully saturated rings. The van der Waals surface area contributed by atoms with E-state index < -0.39 is 23.5 Å². The Morgan fingerprint density at radius 2 is 1.64 bits per heavy atom. The Morgan fingerprint density at radius 1 is 1.21 bits per heavy atom. The van der Waals surface area contributed by atoms with E-state index in [4.69, 9.17) is 5.73 Å². The van der Waals surface area contributed by atoms with Crippen LogP contribution in [0.2, 0.25) is 0 Å². The van der Waals surface area contributed by atoms with Crippen molar-refractivity contribution in [2.24, 2.45) is 5.73 Å². The van der Waals surface area contributed by atoms with Crippen LogP contribution in [0.4, 0.5) is 13.2 Å². The molecule has 2 N–H and O–H groups in total. The molecule has 1 rings (SSSR count). The summed E-state index contributed by atoms with van der Waals surface area (Å²) in [6, 6.07) is 1.39. The number of hydrogen-bond acceptors (Lipinski definition) is 1. The average Bonchev–Trinajstić information content (AvgIpc) is 2.12. The minimum atomic E-state index is -1.45. The lowest BCUT2D eigenvalue weighted by atomic mass is 10.1. The van der Waals surface area contributed by atoms with E-state index in [1.807, 2.05) is 0 Å². The van der Waals surface area contributed by atoms with Crippen LogP contribution in [0.25, 0.3) is 0 Å². The molecule has 0 saturated heterocycles. The van der Waals surface area contributed by atoms with Gasteiger partial charge in [0.15, 0.2) is 17.5 Å². The predicted molar refractivity (Wildman–Crippen MR) is 50.8 cm³/mol. The highest BCUT2D eigenvalue weighted by Gasteiger charge is 2.13. The van der Waals surface area contributed by atoms with Gasteiger partial charge in [-0.1, -0.05) is 6.92 Å². The van der Waals surface area contributed by atoms with Gasteiger partial charge in [0.2, 0.25) is 0 Å². The molecule has 5 heteroatoms. The molecule has 0 radical (unpaired) electrons. The zero-order valence-corrected chi connectivity index (χ0v) is 8.38. The molecule has 0 aliphatic carbocycles. The highest BCUT2D eigenvalue weighted by molar-refractivity contribution is 5.85. The van der Waals surface area contributed by atoms with Crippen molar-refractivity contribution in [2.45, 2.75) is 19.4 Å². The predicted octanol–water partition coefficient (Wildman–Crippen LogP) is 2.94. The first-order valence-corrected chi connectivity index (χ1v) is 3.96. The Morgan fingerprint density at radius 3 is 2.00 bits per heavy atom. The third kappa shape index (κ3) is 2.62. The van der Waals surface area contributed by atoms with Gasteiger partial charge < -0.3 is 5.73 Å². The van der Waals surface area contributed by atoms with E-state index in [9.17, 15) is 13.2 Å². The fraction of sp³-hybridized carbons (Fsp3) is 0.333. The average molecular weight is 226 g/mol. The molecule has 0 unspecified atom stereocenters. The minimum Gasteiger partial charge on any atom is -0.324 e. The monoisotopic (exact) mass is 225 g/mol. The van der Waals surface area contributed by atoms with Crippen LogP contribution in [0.5, 0.6) is 0 Å². The summed E-state index contributed by atoms with van der Waals surface area (Å²) in [4.78, 5) is 0. The van der Waals surface area contributed by atoms with Crippen molar-refractivity contribution in [3.8, 4) is 0 Å². The smallest absolute Gasteiger partial charge is 0.194 e. The van der Waals surface area contributed by atoms with Crippen LogP contribution >= 0.6 is 12.4 Å². The van der Waals surface area contributed by atoms with Gasteiger partial charge in [-0.05, 0) is 24.1 Å². The molecule has 80 valence electrons. The molecule has 1 aromatic rings. The lowest BCUT2D eigenvalue weighted by Gasteiger charge is -2.09. The minimum absolute atomic E-state index is 0. The Hall–Kier alpha value is -0.740. The molecule has 0 aliphatic rings. The quantitative estimate of drug-likeness (QED) is 0.770. The molecule has 0 amide bonds. The summed E-state index contributed by atoms with van der Waals surface area (Å²) < 4.78 is 37.8. The summed E-state index contributed by atoms with van der Waals surface area (Å²) in [7, 11) is 0. The number of halogens is 4. The highest BCUT2D eigenvalue weighted by Crippen LogP contribution is 2.19. The summed E-state index contributed by atoms with van der Waals surface area (Å²) in [6.07, 6.45) is 0.546. The molecule has 14 heavy (non-hydrogen) atoms. The van der Waals surface area contributed by atoms with Crippen LogP contribution in [-0.2, 0) is 0 Å². The van der Waals surface area contributed by atoms with E-state index in [-0.39, 0.29) is 18.0 Å². The van der Waals surface area contributed by atoms with Crippen molar-refractivity contribution in [1.82, 2.24) is 0 Å². The largest absolute Gasteiger partial charge is 0.324 e. The van der Waals surface area contributed by atoms with Crippen molar-refractivity contribution < 1.29 is 13.2 Å². The van der Waals surface area contributed by atoms with Gasteiger partial charge >= 0.3 is 0 Å². The van der Waals surface area contributed by atoms with Gasteiger partial charge in [0, 0.05) is 6.04 Å². The van der Waals surface area contributed by atoms with Crippen LogP contribution < -0.4 is 5.73 Å². The summed E-state index contributed by atoms with van der Waals surface area (Å²) >= 11 is 0. The SMILES string of the molecule is CC[C@H](N)c1cc(F)c(F)c(F)c1.Cl. The molecule has 1 aromatic carbocycles. The third-order valence-corrected chi connectivity index (χ3v) is 1.87. The maximum atomic E-state index is 12.7. The fourth-order valence-electron chi connectivity index (χ4n) is 1.02. The van der Waals surface area contributed by atoms with E-state index in [0.29, 0.717) is 6.42 Å². The molecule has 1 nitrogen and oxygen atoms in total. The first-order chi connectivity index (χ1) is 6.06. The first kappa shape index (κ1) is 13.3. The van der Waals surface area contributed by atoms with E-state index in [2.05, 4.69) is 0 Å². The van der Waals surface area contributed by atoms with Crippen molar-refractivity contribution in [3.63, 3.8) is 0 Å². The second-order valence-corrected chi connectivity index (χ2v) is 2.81. The van der Waals surface area contributed by atoms with E-state index >= 15 is 0 Å². The van der Waals surface area contributed by atoms with E-state index in [0.717, 1.165) is 12.1 Å². The van der Waals surface area contributed by atoms with Crippen LogP contribution in [0.3, 0.4) is 0 Å². The molecule has 0 spiro atoms. The standard InChI is InChI=1S/C9H10F3N.ClH/c1-2-8(13)5-3-6(10)9(12)7(11)4-5;/h3-4,8H,2,13H2,1H3;1H/t8-;/m0./s1. The zero-order chi connectivity index (χ0) is 10.0. The highest BCUT2D eigenvalue weighted by atomic mass is 35.5.